The smallest absolute Gasteiger partial charge is 0.255 e. The van der Waals surface area contributed by atoms with Crippen LogP contribution >= 0.6 is 0 Å². The average molecular weight is 272 g/mol. The fraction of sp³-hybridized carbons (Fsp3) is 0.200. The number of amides is 1. The Kier molecular flexibility index (Phi) is 4.55. The van der Waals surface area contributed by atoms with Crippen LogP contribution in [0.15, 0.2) is 42.7 Å². The van der Waals surface area contributed by atoms with E-state index in [4.69, 9.17) is 9.47 Å². The van der Waals surface area contributed by atoms with Gasteiger partial charge in [0.2, 0.25) is 0 Å². The first-order chi connectivity index (χ1) is 9.76. The highest BCUT2D eigenvalue weighted by Gasteiger charge is 2.15. The summed E-state index contributed by atoms with van der Waals surface area (Å²) < 4.78 is 10.4. The molecule has 2 rings (SSSR count). The number of nitrogens with one attached hydrogen (secondary N) is 1. The van der Waals surface area contributed by atoms with E-state index in [-0.39, 0.29) is 5.91 Å². The van der Waals surface area contributed by atoms with Gasteiger partial charge in [0.15, 0.2) is 11.5 Å². The number of ether oxygens (including phenoxy) is 2. The number of carbonyl (C=O) groups is 1. The molecule has 1 amide bonds. The Morgan fingerprint density at radius 3 is 2.55 bits per heavy atom. The van der Waals surface area contributed by atoms with Gasteiger partial charge < -0.3 is 14.8 Å². The fourth-order valence-electron chi connectivity index (χ4n) is 1.84. The zero-order valence-electron chi connectivity index (χ0n) is 11.4. The number of aromatic nitrogens is 1. The number of hydrogen-bond donors (Lipinski definition) is 1. The second-order valence-electron chi connectivity index (χ2n) is 4.08. The Labute approximate surface area is 117 Å². The van der Waals surface area contributed by atoms with Crippen LogP contribution in [0.1, 0.15) is 15.9 Å². The van der Waals surface area contributed by atoms with E-state index in [9.17, 15) is 4.79 Å². The van der Waals surface area contributed by atoms with Crippen molar-refractivity contribution in [2.75, 3.05) is 14.2 Å². The van der Waals surface area contributed by atoms with Gasteiger partial charge in [0.05, 0.1) is 19.8 Å². The molecule has 1 heterocycles. The largest absolute Gasteiger partial charge is 0.493 e. The maximum atomic E-state index is 12.2. The highest BCUT2D eigenvalue weighted by molar-refractivity contribution is 5.97. The first kappa shape index (κ1) is 13.9. The second kappa shape index (κ2) is 6.56. The molecule has 20 heavy (non-hydrogen) atoms. The second-order valence-corrected chi connectivity index (χ2v) is 4.08. The minimum atomic E-state index is -0.211. The molecular formula is C15H16N2O3. The first-order valence-electron chi connectivity index (χ1n) is 6.14. The zero-order valence-corrected chi connectivity index (χ0v) is 11.4. The van der Waals surface area contributed by atoms with E-state index in [1.54, 1.807) is 30.6 Å². The van der Waals surface area contributed by atoms with E-state index >= 15 is 0 Å². The van der Waals surface area contributed by atoms with Gasteiger partial charge in [-0.15, -0.1) is 0 Å². The van der Waals surface area contributed by atoms with Gasteiger partial charge in [-0.2, -0.15) is 0 Å². The standard InChI is InChI=1S/C15H16N2O3/c1-19-13-5-3-4-12(14(13)20-2)15(18)17-10-11-6-8-16-9-7-11/h3-9H,10H2,1-2H3,(H,17,18). The minimum Gasteiger partial charge on any atom is -0.493 e. The van der Waals surface area contributed by atoms with Gasteiger partial charge in [-0.25, -0.2) is 0 Å². The Morgan fingerprint density at radius 2 is 1.90 bits per heavy atom. The third-order valence-corrected chi connectivity index (χ3v) is 2.85. The number of nitrogens with zero attached hydrogens (tertiary/aromatic N) is 1. The van der Waals surface area contributed by atoms with Gasteiger partial charge in [0, 0.05) is 18.9 Å². The molecule has 0 saturated heterocycles. The minimum absolute atomic E-state index is 0.211. The average Bonchev–Trinajstić information content (AvgIpc) is 2.52. The van der Waals surface area contributed by atoms with E-state index in [0.717, 1.165) is 5.56 Å². The Balaban J connectivity index is 2.13. The SMILES string of the molecule is COc1cccc(C(=O)NCc2ccncc2)c1OC. The van der Waals surface area contributed by atoms with Crippen LogP contribution in [0.3, 0.4) is 0 Å². The van der Waals surface area contributed by atoms with Crippen molar-refractivity contribution in [3.05, 3.63) is 53.9 Å². The lowest BCUT2D eigenvalue weighted by atomic mass is 10.1. The zero-order chi connectivity index (χ0) is 14.4. The molecule has 0 aliphatic heterocycles. The topological polar surface area (TPSA) is 60.5 Å². The van der Waals surface area contributed by atoms with Gasteiger partial charge >= 0.3 is 0 Å². The van der Waals surface area contributed by atoms with Crippen molar-refractivity contribution in [1.29, 1.82) is 0 Å². The third kappa shape index (κ3) is 3.06. The summed E-state index contributed by atoms with van der Waals surface area (Å²) in [7, 11) is 3.05. The summed E-state index contributed by atoms with van der Waals surface area (Å²) >= 11 is 0. The predicted molar refractivity (Wildman–Crippen MR) is 75.0 cm³/mol. The van der Waals surface area contributed by atoms with Crippen molar-refractivity contribution in [2.24, 2.45) is 0 Å². The van der Waals surface area contributed by atoms with Crippen molar-refractivity contribution >= 4 is 5.91 Å². The molecule has 104 valence electrons. The van der Waals surface area contributed by atoms with Crippen LogP contribution in [-0.2, 0) is 6.54 Å². The fourth-order valence-corrected chi connectivity index (χ4v) is 1.84. The van der Waals surface area contributed by atoms with Crippen LogP contribution in [0.5, 0.6) is 11.5 Å². The number of rotatable bonds is 5. The summed E-state index contributed by atoms with van der Waals surface area (Å²) in [5.41, 5.74) is 1.43. The molecule has 0 radical (unpaired) electrons. The van der Waals surface area contributed by atoms with E-state index in [0.29, 0.717) is 23.6 Å². The molecule has 0 bridgehead atoms. The van der Waals surface area contributed by atoms with Gasteiger partial charge in [0.25, 0.3) is 5.91 Å². The molecule has 0 unspecified atom stereocenters. The molecule has 0 fully saturated rings. The lowest BCUT2D eigenvalue weighted by molar-refractivity contribution is 0.0947. The number of para-hydroxylation sites is 1. The summed E-state index contributed by atoms with van der Waals surface area (Å²) in [6, 6.07) is 8.90. The lowest BCUT2D eigenvalue weighted by Gasteiger charge is -2.12. The summed E-state index contributed by atoms with van der Waals surface area (Å²) in [4.78, 5) is 16.1. The normalized spacial score (nSPS) is 9.90. The van der Waals surface area contributed by atoms with Gasteiger partial charge in [0.1, 0.15) is 0 Å². The van der Waals surface area contributed by atoms with Gasteiger partial charge in [-0.1, -0.05) is 6.07 Å². The highest BCUT2D eigenvalue weighted by atomic mass is 16.5. The van der Waals surface area contributed by atoms with Crippen LogP contribution in [0, 0.1) is 0 Å². The van der Waals surface area contributed by atoms with Crippen molar-refractivity contribution in [3.63, 3.8) is 0 Å². The van der Waals surface area contributed by atoms with Crippen molar-refractivity contribution < 1.29 is 14.3 Å². The van der Waals surface area contributed by atoms with E-state index in [1.165, 1.54) is 14.2 Å². The third-order valence-electron chi connectivity index (χ3n) is 2.85. The number of carbonyl (C=O) groups excluding carboxylic acids is 1. The molecule has 0 spiro atoms. The Bertz CT molecular complexity index is 585. The molecule has 0 aliphatic carbocycles. The van der Waals surface area contributed by atoms with Crippen LogP contribution in [-0.4, -0.2) is 25.1 Å². The molecule has 0 aliphatic rings. The predicted octanol–water partition coefficient (Wildman–Crippen LogP) is 2.03. The van der Waals surface area contributed by atoms with E-state index in [1.807, 2.05) is 12.1 Å². The van der Waals surface area contributed by atoms with Crippen molar-refractivity contribution in [2.45, 2.75) is 6.54 Å². The first-order valence-corrected chi connectivity index (χ1v) is 6.14. The molecule has 2 aromatic rings. The van der Waals surface area contributed by atoms with Gasteiger partial charge in [-0.3, -0.25) is 9.78 Å². The molecule has 0 atom stereocenters. The van der Waals surface area contributed by atoms with Crippen LogP contribution in [0.2, 0.25) is 0 Å². The molecule has 1 aromatic carbocycles. The molecule has 5 nitrogen and oxygen atoms in total. The maximum Gasteiger partial charge on any atom is 0.255 e. The number of hydrogen-bond acceptors (Lipinski definition) is 4. The van der Waals surface area contributed by atoms with Crippen LogP contribution < -0.4 is 14.8 Å². The van der Waals surface area contributed by atoms with E-state index in [2.05, 4.69) is 10.3 Å². The van der Waals surface area contributed by atoms with Gasteiger partial charge in [-0.05, 0) is 29.8 Å². The van der Waals surface area contributed by atoms with Crippen LogP contribution in [0.25, 0.3) is 0 Å². The molecule has 0 saturated carbocycles. The lowest BCUT2D eigenvalue weighted by Crippen LogP contribution is -2.23. The highest BCUT2D eigenvalue weighted by Crippen LogP contribution is 2.30. The summed E-state index contributed by atoms with van der Waals surface area (Å²) in [6.45, 7) is 0.432. The summed E-state index contributed by atoms with van der Waals surface area (Å²) in [6.07, 6.45) is 3.38. The monoisotopic (exact) mass is 272 g/mol. The van der Waals surface area contributed by atoms with Crippen molar-refractivity contribution in [3.8, 4) is 11.5 Å². The Hall–Kier alpha value is -2.56. The van der Waals surface area contributed by atoms with Crippen LogP contribution in [0.4, 0.5) is 0 Å². The molecule has 5 heteroatoms. The quantitative estimate of drug-likeness (QED) is 0.904. The number of benzene rings is 1. The number of methoxy groups -OCH3 is 2. The Morgan fingerprint density at radius 1 is 1.15 bits per heavy atom. The molecular weight excluding hydrogens is 256 g/mol. The molecule has 1 aromatic heterocycles. The molecule has 1 N–H and O–H groups in total. The van der Waals surface area contributed by atoms with Crippen molar-refractivity contribution in [1.82, 2.24) is 10.3 Å². The van der Waals surface area contributed by atoms with E-state index < -0.39 is 0 Å². The summed E-state index contributed by atoms with van der Waals surface area (Å²) in [5, 5.41) is 2.84. The number of pyridine rings is 1. The maximum absolute atomic E-state index is 12.2. The summed E-state index contributed by atoms with van der Waals surface area (Å²) in [5.74, 6) is 0.754.